The molecule has 0 aliphatic carbocycles. The van der Waals surface area contributed by atoms with E-state index in [0.29, 0.717) is 6.04 Å². The standard InChI is InChI=1S/C11H25N/c1-6-11(7-9(2)3)8-12-10(4)5/h9-12H,6-8H2,1-5H3. The van der Waals surface area contributed by atoms with Gasteiger partial charge in [0.2, 0.25) is 0 Å². The van der Waals surface area contributed by atoms with Crippen molar-refractivity contribution < 1.29 is 0 Å². The van der Waals surface area contributed by atoms with Crippen LogP contribution in [-0.2, 0) is 0 Å². The summed E-state index contributed by atoms with van der Waals surface area (Å²) in [5.74, 6) is 1.70. The van der Waals surface area contributed by atoms with Crippen molar-refractivity contribution in [2.24, 2.45) is 11.8 Å². The first kappa shape index (κ1) is 12.0. The lowest BCUT2D eigenvalue weighted by Crippen LogP contribution is -2.29. The molecule has 0 saturated heterocycles. The molecule has 0 radical (unpaired) electrons. The molecular formula is C11H25N. The second kappa shape index (κ2) is 6.47. The summed E-state index contributed by atoms with van der Waals surface area (Å²) in [4.78, 5) is 0. The Morgan fingerprint density at radius 1 is 1.08 bits per heavy atom. The lowest BCUT2D eigenvalue weighted by atomic mass is 9.95. The molecule has 0 aromatic carbocycles. The quantitative estimate of drug-likeness (QED) is 0.647. The Morgan fingerprint density at radius 3 is 2.00 bits per heavy atom. The third-order valence-electron chi connectivity index (χ3n) is 2.20. The minimum atomic E-state index is 0.631. The predicted molar refractivity (Wildman–Crippen MR) is 56.4 cm³/mol. The number of rotatable bonds is 6. The van der Waals surface area contributed by atoms with E-state index in [4.69, 9.17) is 0 Å². The van der Waals surface area contributed by atoms with Gasteiger partial charge in [-0.15, -0.1) is 0 Å². The Labute approximate surface area is 77.9 Å². The molecular weight excluding hydrogens is 146 g/mol. The summed E-state index contributed by atoms with van der Waals surface area (Å²) in [5.41, 5.74) is 0. The molecule has 0 amide bonds. The number of hydrogen-bond acceptors (Lipinski definition) is 1. The Balaban J connectivity index is 3.53. The fourth-order valence-electron chi connectivity index (χ4n) is 1.46. The maximum Gasteiger partial charge on any atom is 0.00104 e. The molecule has 0 aromatic rings. The SMILES string of the molecule is CCC(CNC(C)C)CC(C)C. The van der Waals surface area contributed by atoms with Crippen LogP contribution in [0.15, 0.2) is 0 Å². The van der Waals surface area contributed by atoms with Crippen LogP contribution in [0.3, 0.4) is 0 Å². The van der Waals surface area contributed by atoms with Gasteiger partial charge >= 0.3 is 0 Å². The van der Waals surface area contributed by atoms with Crippen LogP contribution in [0.25, 0.3) is 0 Å². The topological polar surface area (TPSA) is 12.0 Å². The van der Waals surface area contributed by atoms with Gasteiger partial charge in [-0.05, 0) is 24.8 Å². The van der Waals surface area contributed by atoms with Crippen LogP contribution in [0.2, 0.25) is 0 Å². The largest absolute Gasteiger partial charge is 0.314 e. The van der Waals surface area contributed by atoms with E-state index in [1.54, 1.807) is 0 Å². The third kappa shape index (κ3) is 6.66. The van der Waals surface area contributed by atoms with E-state index in [1.165, 1.54) is 19.4 Å². The molecule has 0 aliphatic heterocycles. The molecule has 0 spiro atoms. The van der Waals surface area contributed by atoms with Gasteiger partial charge in [0.05, 0.1) is 0 Å². The number of nitrogens with one attached hydrogen (secondary N) is 1. The smallest absolute Gasteiger partial charge is 0.00104 e. The monoisotopic (exact) mass is 171 g/mol. The Hall–Kier alpha value is -0.0400. The second-order valence-corrected chi connectivity index (χ2v) is 4.47. The molecule has 0 bridgehead atoms. The molecule has 0 saturated carbocycles. The van der Waals surface area contributed by atoms with Gasteiger partial charge in [0.15, 0.2) is 0 Å². The van der Waals surface area contributed by atoms with Crippen LogP contribution < -0.4 is 5.32 Å². The highest BCUT2D eigenvalue weighted by Crippen LogP contribution is 2.13. The predicted octanol–water partition coefficient (Wildman–Crippen LogP) is 3.06. The van der Waals surface area contributed by atoms with Gasteiger partial charge in [0.25, 0.3) is 0 Å². The van der Waals surface area contributed by atoms with Gasteiger partial charge in [-0.25, -0.2) is 0 Å². The minimum Gasteiger partial charge on any atom is -0.314 e. The summed E-state index contributed by atoms with van der Waals surface area (Å²) < 4.78 is 0. The van der Waals surface area contributed by atoms with Gasteiger partial charge in [-0.3, -0.25) is 0 Å². The highest BCUT2D eigenvalue weighted by atomic mass is 14.9. The molecule has 0 aliphatic rings. The van der Waals surface area contributed by atoms with E-state index in [-0.39, 0.29) is 0 Å². The van der Waals surface area contributed by atoms with Gasteiger partial charge in [0.1, 0.15) is 0 Å². The summed E-state index contributed by atoms with van der Waals surface area (Å²) in [5, 5.41) is 3.50. The maximum absolute atomic E-state index is 3.50. The average Bonchev–Trinajstić information content (AvgIpc) is 1.97. The number of hydrogen-bond donors (Lipinski definition) is 1. The first-order chi connectivity index (χ1) is 5.56. The maximum atomic E-state index is 3.50. The van der Waals surface area contributed by atoms with Crippen LogP contribution in [-0.4, -0.2) is 12.6 Å². The van der Waals surface area contributed by atoms with Crippen molar-refractivity contribution in [3.8, 4) is 0 Å². The van der Waals surface area contributed by atoms with Crippen LogP contribution in [0.1, 0.15) is 47.5 Å². The van der Waals surface area contributed by atoms with Crippen molar-refractivity contribution in [3.05, 3.63) is 0 Å². The van der Waals surface area contributed by atoms with Crippen molar-refractivity contribution in [2.45, 2.75) is 53.5 Å². The summed E-state index contributed by atoms with van der Waals surface area (Å²) >= 11 is 0. The highest BCUT2D eigenvalue weighted by Gasteiger charge is 2.08. The van der Waals surface area contributed by atoms with Crippen LogP contribution in [0, 0.1) is 11.8 Å². The Kier molecular flexibility index (Phi) is 6.45. The van der Waals surface area contributed by atoms with E-state index in [1.807, 2.05) is 0 Å². The third-order valence-corrected chi connectivity index (χ3v) is 2.20. The summed E-state index contributed by atoms with van der Waals surface area (Å²) in [6.07, 6.45) is 2.66. The van der Waals surface area contributed by atoms with E-state index in [2.05, 4.69) is 39.9 Å². The highest BCUT2D eigenvalue weighted by molar-refractivity contribution is 4.64. The molecule has 0 heterocycles. The second-order valence-electron chi connectivity index (χ2n) is 4.47. The van der Waals surface area contributed by atoms with Gasteiger partial charge in [-0.2, -0.15) is 0 Å². The summed E-state index contributed by atoms with van der Waals surface area (Å²) in [6, 6.07) is 0.631. The van der Waals surface area contributed by atoms with Crippen LogP contribution >= 0.6 is 0 Å². The molecule has 12 heavy (non-hydrogen) atoms. The average molecular weight is 171 g/mol. The molecule has 0 fully saturated rings. The van der Waals surface area contributed by atoms with Crippen LogP contribution in [0.4, 0.5) is 0 Å². The van der Waals surface area contributed by atoms with Gasteiger partial charge < -0.3 is 5.32 Å². The summed E-state index contributed by atoms with van der Waals surface area (Å²) in [6.45, 7) is 12.5. The first-order valence-corrected chi connectivity index (χ1v) is 5.29. The van der Waals surface area contributed by atoms with Gasteiger partial charge in [-0.1, -0.05) is 41.0 Å². The molecule has 1 atom stereocenters. The van der Waals surface area contributed by atoms with E-state index < -0.39 is 0 Å². The first-order valence-electron chi connectivity index (χ1n) is 5.29. The van der Waals surface area contributed by atoms with E-state index in [9.17, 15) is 0 Å². The van der Waals surface area contributed by atoms with Crippen molar-refractivity contribution in [1.82, 2.24) is 5.32 Å². The Bertz CT molecular complexity index is 97.2. The molecule has 1 heteroatoms. The normalized spacial score (nSPS) is 14.2. The molecule has 1 unspecified atom stereocenters. The van der Waals surface area contributed by atoms with E-state index in [0.717, 1.165) is 11.8 Å². The minimum absolute atomic E-state index is 0.631. The molecule has 74 valence electrons. The fraction of sp³-hybridized carbons (Fsp3) is 1.00. The molecule has 0 rings (SSSR count). The molecule has 1 nitrogen and oxygen atoms in total. The zero-order chi connectivity index (χ0) is 9.56. The van der Waals surface area contributed by atoms with Crippen molar-refractivity contribution >= 4 is 0 Å². The van der Waals surface area contributed by atoms with Gasteiger partial charge in [0, 0.05) is 6.04 Å². The zero-order valence-electron chi connectivity index (χ0n) is 9.35. The lowest BCUT2D eigenvalue weighted by Gasteiger charge is -2.19. The Morgan fingerprint density at radius 2 is 1.67 bits per heavy atom. The molecule has 0 aromatic heterocycles. The fourth-order valence-corrected chi connectivity index (χ4v) is 1.46. The van der Waals surface area contributed by atoms with Crippen LogP contribution in [0.5, 0.6) is 0 Å². The lowest BCUT2D eigenvalue weighted by molar-refractivity contribution is 0.366. The van der Waals surface area contributed by atoms with Crippen molar-refractivity contribution in [2.75, 3.05) is 6.54 Å². The van der Waals surface area contributed by atoms with Crippen molar-refractivity contribution in [1.29, 1.82) is 0 Å². The summed E-state index contributed by atoms with van der Waals surface area (Å²) in [7, 11) is 0. The van der Waals surface area contributed by atoms with Crippen molar-refractivity contribution in [3.63, 3.8) is 0 Å². The van der Waals surface area contributed by atoms with E-state index >= 15 is 0 Å². The molecule has 1 N–H and O–H groups in total. The zero-order valence-corrected chi connectivity index (χ0v) is 9.35.